The van der Waals surface area contributed by atoms with Crippen LogP contribution < -0.4 is 5.32 Å². The van der Waals surface area contributed by atoms with Crippen molar-refractivity contribution in [2.75, 3.05) is 0 Å². The number of amides is 2. The molecule has 0 saturated carbocycles. The number of carboxylic acid groups (broad SMARTS) is 1. The van der Waals surface area contributed by atoms with E-state index >= 15 is 0 Å². The van der Waals surface area contributed by atoms with Gasteiger partial charge in [0.2, 0.25) is 0 Å². The van der Waals surface area contributed by atoms with Crippen molar-refractivity contribution in [3.05, 3.63) is 35.4 Å². The highest BCUT2D eigenvalue weighted by molar-refractivity contribution is 6.08. The average molecular weight is 260 g/mol. The topological polar surface area (TPSA) is 78.8 Å². The predicted molar refractivity (Wildman–Crippen MR) is 71.3 cm³/mol. The molecule has 2 unspecified atom stereocenters. The normalized spacial score (nSPS) is 22.6. The number of carbonyl (C=O) groups excluding carboxylic acids is 1. The standard InChI is InChI=1S/C14H16N2O3/c1-3-10-11(13(17)18)12(16-14(19)15-10)9-6-4-5-8(2)7-9/h4-7,11-12H,3H2,1-2H3,(H,16,19)(H,17,18). The van der Waals surface area contributed by atoms with Gasteiger partial charge in [0.15, 0.2) is 0 Å². The first kappa shape index (κ1) is 13.3. The molecule has 1 heterocycles. The van der Waals surface area contributed by atoms with Crippen molar-refractivity contribution in [3.63, 3.8) is 0 Å². The first-order valence-electron chi connectivity index (χ1n) is 6.20. The summed E-state index contributed by atoms with van der Waals surface area (Å²) in [6.07, 6.45) is 0.451. The highest BCUT2D eigenvalue weighted by atomic mass is 16.4. The highest BCUT2D eigenvalue weighted by Crippen LogP contribution is 2.28. The number of carboxylic acids is 1. The molecule has 1 aliphatic rings. The van der Waals surface area contributed by atoms with Gasteiger partial charge in [-0.1, -0.05) is 36.8 Å². The number of nitrogens with zero attached hydrogens (tertiary/aromatic N) is 1. The molecular formula is C14H16N2O3. The predicted octanol–water partition coefficient (Wildman–Crippen LogP) is 2.31. The van der Waals surface area contributed by atoms with Gasteiger partial charge in [0, 0.05) is 5.71 Å². The van der Waals surface area contributed by atoms with Crippen molar-refractivity contribution < 1.29 is 14.7 Å². The van der Waals surface area contributed by atoms with Crippen molar-refractivity contribution in [2.45, 2.75) is 26.3 Å². The van der Waals surface area contributed by atoms with Crippen molar-refractivity contribution in [2.24, 2.45) is 10.9 Å². The Kier molecular flexibility index (Phi) is 3.64. The summed E-state index contributed by atoms with van der Waals surface area (Å²) in [7, 11) is 0. The van der Waals surface area contributed by atoms with E-state index in [1.54, 1.807) is 6.92 Å². The Labute approximate surface area is 111 Å². The Bertz CT molecular complexity index is 551. The van der Waals surface area contributed by atoms with E-state index in [2.05, 4.69) is 10.3 Å². The fraction of sp³-hybridized carbons (Fsp3) is 0.357. The molecule has 1 aromatic carbocycles. The first-order valence-corrected chi connectivity index (χ1v) is 6.20. The van der Waals surface area contributed by atoms with Gasteiger partial charge in [-0.05, 0) is 18.9 Å². The smallest absolute Gasteiger partial charge is 0.341 e. The lowest BCUT2D eigenvalue weighted by molar-refractivity contribution is -0.140. The third-order valence-electron chi connectivity index (χ3n) is 3.25. The van der Waals surface area contributed by atoms with E-state index in [4.69, 9.17) is 0 Å². The van der Waals surface area contributed by atoms with E-state index in [0.29, 0.717) is 12.1 Å². The second-order valence-corrected chi connectivity index (χ2v) is 4.61. The molecule has 5 nitrogen and oxygen atoms in total. The molecular weight excluding hydrogens is 244 g/mol. The molecule has 0 aromatic heterocycles. The summed E-state index contributed by atoms with van der Waals surface area (Å²) >= 11 is 0. The molecule has 0 radical (unpaired) electrons. The van der Waals surface area contributed by atoms with Crippen LogP contribution in [0.5, 0.6) is 0 Å². The SMILES string of the molecule is CCC1=NC(=O)NC(c2cccc(C)c2)C1C(=O)O. The minimum Gasteiger partial charge on any atom is -0.481 e. The number of aryl methyl sites for hydroxylation is 1. The van der Waals surface area contributed by atoms with Crippen LogP contribution in [0.4, 0.5) is 4.79 Å². The highest BCUT2D eigenvalue weighted by Gasteiger charge is 2.37. The minimum atomic E-state index is -0.966. The molecule has 0 aliphatic carbocycles. The molecule has 0 saturated heterocycles. The summed E-state index contributed by atoms with van der Waals surface area (Å²) < 4.78 is 0. The molecule has 1 aromatic rings. The number of nitrogens with one attached hydrogen (secondary N) is 1. The number of hydrogen-bond acceptors (Lipinski definition) is 2. The van der Waals surface area contributed by atoms with Crippen LogP contribution in [-0.2, 0) is 4.79 Å². The number of aliphatic imine (C=N–C) groups is 1. The maximum atomic E-state index is 11.6. The van der Waals surface area contributed by atoms with Crippen LogP contribution in [0.15, 0.2) is 29.3 Å². The second kappa shape index (κ2) is 5.22. The zero-order chi connectivity index (χ0) is 14.0. The zero-order valence-electron chi connectivity index (χ0n) is 10.9. The zero-order valence-corrected chi connectivity index (χ0v) is 10.9. The van der Waals surface area contributed by atoms with Crippen molar-refractivity contribution in [1.82, 2.24) is 5.32 Å². The van der Waals surface area contributed by atoms with E-state index in [-0.39, 0.29) is 0 Å². The third kappa shape index (κ3) is 2.65. The summed E-state index contributed by atoms with van der Waals surface area (Å²) in [6.45, 7) is 3.74. The van der Waals surface area contributed by atoms with Crippen LogP contribution in [0.2, 0.25) is 0 Å². The summed E-state index contributed by atoms with van der Waals surface area (Å²) in [4.78, 5) is 26.8. The lowest BCUT2D eigenvalue weighted by Gasteiger charge is -2.29. The molecule has 2 N–H and O–H groups in total. The molecule has 0 spiro atoms. The lowest BCUT2D eigenvalue weighted by atomic mass is 9.86. The van der Waals surface area contributed by atoms with Gasteiger partial charge >= 0.3 is 12.0 Å². The number of hydrogen-bond donors (Lipinski definition) is 2. The molecule has 0 bridgehead atoms. The Balaban J connectivity index is 2.46. The Morgan fingerprint density at radius 1 is 1.47 bits per heavy atom. The Hall–Kier alpha value is -2.17. The molecule has 2 rings (SSSR count). The van der Waals surface area contributed by atoms with Crippen LogP contribution in [0.1, 0.15) is 30.5 Å². The monoisotopic (exact) mass is 260 g/mol. The molecule has 19 heavy (non-hydrogen) atoms. The number of urea groups is 1. The summed E-state index contributed by atoms with van der Waals surface area (Å²) in [5.41, 5.74) is 2.24. The molecule has 2 amide bonds. The molecule has 1 aliphatic heterocycles. The van der Waals surface area contributed by atoms with Crippen LogP contribution in [0, 0.1) is 12.8 Å². The Morgan fingerprint density at radius 2 is 2.21 bits per heavy atom. The largest absolute Gasteiger partial charge is 0.481 e. The number of benzene rings is 1. The van der Waals surface area contributed by atoms with E-state index in [0.717, 1.165) is 11.1 Å². The van der Waals surface area contributed by atoms with E-state index in [1.807, 2.05) is 31.2 Å². The molecule has 5 heteroatoms. The molecule has 0 fully saturated rings. The van der Waals surface area contributed by atoms with Gasteiger partial charge in [-0.25, -0.2) is 9.79 Å². The van der Waals surface area contributed by atoms with Crippen LogP contribution in [0.3, 0.4) is 0 Å². The average Bonchev–Trinajstić information content (AvgIpc) is 2.37. The van der Waals surface area contributed by atoms with Crippen molar-refractivity contribution in [3.8, 4) is 0 Å². The quantitative estimate of drug-likeness (QED) is 0.875. The summed E-state index contributed by atoms with van der Waals surface area (Å²) in [5, 5.41) is 12.0. The first-order chi connectivity index (χ1) is 9.02. The van der Waals surface area contributed by atoms with Gasteiger partial charge in [-0.3, -0.25) is 4.79 Å². The maximum Gasteiger partial charge on any atom is 0.341 e. The van der Waals surface area contributed by atoms with Crippen LogP contribution in [0.25, 0.3) is 0 Å². The maximum absolute atomic E-state index is 11.6. The van der Waals surface area contributed by atoms with Gasteiger partial charge in [-0.15, -0.1) is 0 Å². The number of aliphatic carboxylic acids is 1. The van der Waals surface area contributed by atoms with Crippen molar-refractivity contribution >= 4 is 17.7 Å². The van der Waals surface area contributed by atoms with Crippen LogP contribution in [-0.4, -0.2) is 22.8 Å². The van der Waals surface area contributed by atoms with Gasteiger partial charge in [0.1, 0.15) is 5.92 Å². The second-order valence-electron chi connectivity index (χ2n) is 4.61. The van der Waals surface area contributed by atoms with Gasteiger partial charge < -0.3 is 10.4 Å². The van der Waals surface area contributed by atoms with E-state index in [9.17, 15) is 14.7 Å². The van der Waals surface area contributed by atoms with E-state index < -0.39 is 24.0 Å². The lowest BCUT2D eigenvalue weighted by Crippen LogP contribution is -2.44. The molecule has 2 atom stereocenters. The summed E-state index contributed by atoms with van der Waals surface area (Å²) in [6, 6.07) is 6.47. The number of carbonyl (C=O) groups is 2. The van der Waals surface area contributed by atoms with Gasteiger partial charge in [0.25, 0.3) is 0 Å². The van der Waals surface area contributed by atoms with Crippen molar-refractivity contribution in [1.29, 1.82) is 0 Å². The van der Waals surface area contributed by atoms with Crippen LogP contribution >= 0.6 is 0 Å². The fourth-order valence-corrected chi connectivity index (χ4v) is 2.36. The van der Waals surface area contributed by atoms with E-state index in [1.165, 1.54) is 0 Å². The fourth-order valence-electron chi connectivity index (χ4n) is 2.36. The van der Waals surface area contributed by atoms with Gasteiger partial charge in [0.05, 0.1) is 6.04 Å². The number of rotatable bonds is 3. The Morgan fingerprint density at radius 3 is 2.79 bits per heavy atom. The minimum absolute atomic E-state index is 0.419. The van der Waals surface area contributed by atoms with Gasteiger partial charge in [-0.2, -0.15) is 0 Å². The molecule has 100 valence electrons. The summed E-state index contributed by atoms with van der Waals surface area (Å²) in [5.74, 6) is -1.77. The third-order valence-corrected chi connectivity index (χ3v) is 3.25.